The van der Waals surface area contributed by atoms with Crippen LogP contribution in [0.1, 0.15) is 11.1 Å². The van der Waals surface area contributed by atoms with E-state index in [9.17, 15) is 4.79 Å². The Morgan fingerprint density at radius 3 is 2.50 bits per heavy atom. The van der Waals surface area contributed by atoms with Crippen molar-refractivity contribution in [3.05, 3.63) is 59.7 Å². The van der Waals surface area contributed by atoms with Crippen LogP contribution in [0.4, 0.5) is 16.2 Å². The molecule has 0 aromatic heterocycles. The number of rotatable bonds is 2. The molecule has 0 aliphatic carbocycles. The monoisotopic (exact) mass is 265 g/mol. The average molecular weight is 265 g/mol. The number of hydrogen-bond acceptors (Lipinski definition) is 2. The van der Waals surface area contributed by atoms with Crippen molar-refractivity contribution in [2.75, 3.05) is 17.3 Å². The standard InChI is InChI=1S/C16H15N3O/c1-12-4-3-5-14(10-12)18-16(20)19(2)15-8-6-13(11-17)7-9-15/h3-10H,1-2H3,(H,18,20). The van der Waals surface area contributed by atoms with Gasteiger partial charge in [-0.15, -0.1) is 0 Å². The van der Waals surface area contributed by atoms with E-state index < -0.39 is 0 Å². The number of hydrogen-bond donors (Lipinski definition) is 1. The number of carbonyl (C=O) groups is 1. The summed E-state index contributed by atoms with van der Waals surface area (Å²) in [6.07, 6.45) is 0. The van der Waals surface area contributed by atoms with E-state index in [1.807, 2.05) is 37.3 Å². The van der Waals surface area contributed by atoms with Crippen molar-refractivity contribution in [1.29, 1.82) is 5.26 Å². The average Bonchev–Trinajstić information content (AvgIpc) is 2.46. The summed E-state index contributed by atoms with van der Waals surface area (Å²) in [6.45, 7) is 1.97. The molecule has 0 aliphatic heterocycles. The molecule has 100 valence electrons. The molecule has 0 spiro atoms. The Bertz CT molecular complexity index is 656. The molecule has 20 heavy (non-hydrogen) atoms. The summed E-state index contributed by atoms with van der Waals surface area (Å²) in [4.78, 5) is 13.6. The van der Waals surface area contributed by atoms with E-state index >= 15 is 0 Å². The minimum absolute atomic E-state index is 0.222. The molecule has 2 aromatic rings. The molecule has 4 heteroatoms. The van der Waals surface area contributed by atoms with Crippen LogP contribution < -0.4 is 10.2 Å². The molecule has 0 saturated heterocycles. The lowest BCUT2D eigenvalue weighted by Gasteiger charge is -2.18. The zero-order chi connectivity index (χ0) is 14.5. The van der Waals surface area contributed by atoms with Gasteiger partial charge in [0.25, 0.3) is 0 Å². The number of anilines is 2. The number of nitrogens with one attached hydrogen (secondary N) is 1. The van der Waals surface area contributed by atoms with Gasteiger partial charge in [0, 0.05) is 18.4 Å². The molecule has 0 heterocycles. The Morgan fingerprint density at radius 1 is 1.20 bits per heavy atom. The summed E-state index contributed by atoms with van der Waals surface area (Å²) in [6, 6.07) is 16.3. The van der Waals surface area contributed by atoms with Crippen LogP contribution in [0, 0.1) is 18.3 Å². The van der Waals surface area contributed by atoms with Crippen molar-refractivity contribution < 1.29 is 4.79 Å². The summed E-state index contributed by atoms with van der Waals surface area (Å²) >= 11 is 0. The largest absolute Gasteiger partial charge is 0.326 e. The molecule has 0 radical (unpaired) electrons. The van der Waals surface area contributed by atoms with Crippen LogP contribution in [-0.2, 0) is 0 Å². The van der Waals surface area contributed by atoms with Gasteiger partial charge in [0.15, 0.2) is 0 Å². The highest BCUT2D eigenvalue weighted by Crippen LogP contribution is 2.16. The van der Waals surface area contributed by atoms with Crippen LogP contribution in [0.3, 0.4) is 0 Å². The zero-order valence-electron chi connectivity index (χ0n) is 11.4. The van der Waals surface area contributed by atoms with E-state index in [1.54, 1.807) is 31.3 Å². The van der Waals surface area contributed by atoms with Crippen molar-refractivity contribution in [1.82, 2.24) is 0 Å². The molecular weight excluding hydrogens is 250 g/mol. The number of amides is 2. The first-order valence-corrected chi connectivity index (χ1v) is 6.21. The van der Waals surface area contributed by atoms with Gasteiger partial charge in [-0.2, -0.15) is 5.26 Å². The van der Waals surface area contributed by atoms with Crippen molar-refractivity contribution in [3.63, 3.8) is 0 Å². The molecule has 2 amide bonds. The van der Waals surface area contributed by atoms with Crippen LogP contribution in [0.5, 0.6) is 0 Å². The summed E-state index contributed by atoms with van der Waals surface area (Å²) < 4.78 is 0. The fourth-order valence-corrected chi connectivity index (χ4v) is 1.81. The SMILES string of the molecule is Cc1cccc(NC(=O)N(C)c2ccc(C#N)cc2)c1. The predicted octanol–water partition coefficient (Wildman–Crippen LogP) is 3.54. The third-order valence-electron chi connectivity index (χ3n) is 2.96. The molecule has 0 aliphatic rings. The lowest BCUT2D eigenvalue weighted by atomic mass is 10.2. The minimum atomic E-state index is -0.222. The molecule has 0 fully saturated rings. The first-order chi connectivity index (χ1) is 9.60. The molecule has 0 bridgehead atoms. The predicted molar refractivity (Wildman–Crippen MR) is 79.8 cm³/mol. The van der Waals surface area contributed by atoms with Crippen LogP contribution in [0.2, 0.25) is 0 Å². The first-order valence-electron chi connectivity index (χ1n) is 6.21. The third kappa shape index (κ3) is 3.15. The number of carbonyl (C=O) groups excluding carboxylic acids is 1. The Morgan fingerprint density at radius 2 is 1.90 bits per heavy atom. The normalized spacial score (nSPS) is 9.65. The maximum atomic E-state index is 12.1. The van der Waals surface area contributed by atoms with Gasteiger partial charge in [-0.3, -0.25) is 4.90 Å². The summed E-state index contributed by atoms with van der Waals surface area (Å²) in [5, 5.41) is 11.6. The van der Waals surface area contributed by atoms with Crippen molar-refractivity contribution in [3.8, 4) is 6.07 Å². The number of benzene rings is 2. The maximum absolute atomic E-state index is 12.1. The molecule has 0 atom stereocenters. The fraction of sp³-hybridized carbons (Fsp3) is 0.125. The van der Waals surface area contributed by atoms with Crippen molar-refractivity contribution >= 4 is 17.4 Å². The van der Waals surface area contributed by atoms with Crippen LogP contribution in [0.25, 0.3) is 0 Å². The molecule has 1 N–H and O–H groups in total. The van der Waals surface area contributed by atoms with Gasteiger partial charge in [-0.1, -0.05) is 12.1 Å². The quantitative estimate of drug-likeness (QED) is 0.903. The summed E-state index contributed by atoms with van der Waals surface area (Å²) in [5.41, 5.74) is 3.15. The highest BCUT2D eigenvalue weighted by molar-refractivity contribution is 6.01. The van der Waals surface area contributed by atoms with E-state index in [0.29, 0.717) is 5.56 Å². The summed E-state index contributed by atoms with van der Waals surface area (Å²) in [7, 11) is 1.69. The lowest BCUT2D eigenvalue weighted by Crippen LogP contribution is -2.31. The molecule has 4 nitrogen and oxygen atoms in total. The van der Waals surface area contributed by atoms with Gasteiger partial charge < -0.3 is 5.32 Å². The Labute approximate surface area is 118 Å². The molecule has 2 rings (SSSR count). The van der Waals surface area contributed by atoms with E-state index in [-0.39, 0.29) is 6.03 Å². The lowest BCUT2D eigenvalue weighted by molar-refractivity contribution is 0.258. The Balaban J connectivity index is 2.10. The molecule has 0 saturated carbocycles. The molecule has 2 aromatic carbocycles. The van der Waals surface area contributed by atoms with E-state index in [2.05, 4.69) is 5.32 Å². The molecular formula is C16H15N3O. The van der Waals surface area contributed by atoms with Crippen LogP contribution >= 0.6 is 0 Å². The van der Waals surface area contributed by atoms with E-state index in [0.717, 1.165) is 16.9 Å². The Kier molecular flexibility index (Phi) is 4.02. The van der Waals surface area contributed by atoms with Gasteiger partial charge in [0.05, 0.1) is 11.6 Å². The number of urea groups is 1. The van der Waals surface area contributed by atoms with Crippen molar-refractivity contribution in [2.45, 2.75) is 6.92 Å². The smallest absolute Gasteiger partial charge is 0.308 e. The van der Waals surface area contributed by atoms with Gasteiger partial charge in [0.2, 0.25) is 0 Å². The van der Waals surface area contributed by atoms with Crippen molar-refractivity contribution in [2.24, 2.45) is 0 Å². The van der Waals surface area contributed by atoms with E-state index in [1.165, 1.54) is 4.90 Å². The first kappa shape index (κ1) is 13.6. The minimum Gasteiger partial charge on any atom is -0.308 e. The highest BCUT2D eigenvalue weighted by Gasteiger charge is 2.10. The fourth-order valence-electron chi connectivity index (χ4n) is 1.81. The van der Waals surface area contributed by atoms with Gasteiger partial charge in [0.1, 0.15) is 0 Å². The second-order valence-electron chi connectivity index (χ2n) is 4.52. The van der Waals surface area contributed by atoms with Crippen LogP contribution in [0.15, 0.2) is 48.5 Å². The third-order valence-corrected chi connectivity index (χ3v) is 2.96. The topological polar surface area (TPSA) is 56.1 Å². The van der Waals surface area contributed by atoms with Gasteiger partial charge in [-0.25, -0.2) is 4.79 Å². The van der Waals surface area contributed by atoms with Gasteiger partial charge in [-0.05, 0) is 48.9 Å². The van der Waals surface area contributed by atoms with Crippen LogP contribution in [-0.4, -0.2) is 13.1 Å². The summed E-state index contributed by atoms with van der Waals surface area (Å²) in [5.74, 6) is 0. The number of nitriles is 1. The second-order valence-corrected chi connectivity index (χ2v) is 4.52. The van der Waals surface area contributed by atoms with Gasteiger partial charge >= 0.3 is 6.03 Å². The van der Waals surface area contributed by atoms with E-state index in [4.69, 9.17) is 5.26 Å². The zero-order valence-corrected chi connectivity index (χ0v) is 11.4. The Hall–Kier alpha value is -2.80. The number of nitrogens with zero attached hydrogens (tertiary/aromatic N) is 2. The second kappa shape index (κ2) is 5.89. The maximum Gasteiger partial charge on any atom is 0.326 e. The number of aryl methyl sites for hydroxylation is 1. The highest BCUT2D eigenvalue weighted by atomic mass is 16.2. The molecule has 0 unspecified atom stereocenters.